The number of rotatable bonds is 6. The summed E-state index contributed by atoms with van der Waals surface area (Å²) in [5.41, 5.74) is 0.700. The van der Waals surface area contributed by atoms with Crippen LogP contribution in [0.25, 0.3) is 0 Å². The molecule has 1 aromatic carbocycles. The number of amides is 1. The van der Waals surface area contributed by atoms with Crippen molar-refractivity contribution in [3.05, 3.63) is 52.7 Å². The zero-order valence-electron chi connectivity index (χ0n) is 13.6. The van der Waals surface area contributed by atoms with Gasteiger partial charge in [-0.25, -0.2) is 0 Å². The Morgan fingerprint density at radius 3 is 2.48 bits per heavy atom. The summed E-state index contributed by atoms with van der Waals surface area (Å²) in [7, 11) is 3.18. The van der Waals surface area contributed by atoms with Gasteiger partial charge in [0.2, 0.25) is 0 Å². The number of nitrogens with one attached hydrogen (secondary N) is 2. The molecule has 0 radical (unpaired) electrons. The molecule has 128 valence electrons. The van der Waals surface area contributed by atoms with E-state index < -0.39 is 0 Å². The number of carbonyl (C=O) groups is 1. The summed E-state index contributed by atoms with van der Waals surface area (Å²) in [6.07, 6.45) is 0. The smallest absolute Gasteiger partial charge is 0.266 e. The Balaban J connectivity index is 1.71. The molecule has 3 rings (SSSR count). The molecule has 0 saturated carbocycles. The minimum absolute atomic E-state index is 0.209. The van der Waals surface area contributed by atoms with E-state index in [1.807, 2.05) is 11.4 Å². The summed E-state index contributed by atoms with van der Waals surface area (Å²) in [6, 6.07) is 12.4. The molecule has 25 heavy (non-hydrogen) atoms. The highest BCUT2D eigenvalue weighted by Gasteiger charge is 2.09. The van der Waals surface area contributed by atoms with E-state index in [0.717, 1.165) is 0 Å². The quantitative estimate of drug-likeness (QED) is 0.702. The van der Waals surface area contributed by atoms with Crippen LogP contribution in [0.3, 0.4) is 0 Å². The van der Waals surface area contributed by atoms with Gasteiger partial charge in [-0.3, -0.25) is 4.79 Å². The Morgan fingerprint density at radius 2 is 1.84 bits per heavy atom. The fraction of sp³-hybridized carbons (Fsp3) is 0.118. The highest BCUT2D eigenvalue weighted by Crippen LogP contribution is 2.30. The molecule has 2 heterocycles. The van der Waals surface area contributed by atoms with Crippen molar-refractivity contribution in [1.82, 2.24) is 10.2 Å². The molecule has 0 aliphatic rings. The first-order chi connectivity index (χ1) is 12.2. The summed E-state index contributed by atoms with van der Waals surface area (Å²) in [6.45, 7) is 0. The van der Waals surface area contributed by atoms with E-state index in [2.05, 4.69) is 20.8 Å². The number of methoxy groups -OCH3 is 2. The monoisotopic (exact) mass is 356 g/mol. The van der Waals surface area contributed by atoms with E-state index in [4.69, 9.17) is 9.47 Å². The maximum Gasteiger partial charge on any atom is 0.266 e. The highest BCUT2D eigenvalue weighted by molar-refractivity contribution is 7.12. The average Bonchev–Trinajstić information content (AvgIpc) is 3.18. The summed E-state index contributed by atoms with van der Waals surface area (Å²) in [5.74, 6) is 2.02. The van der Waals surface area contributed by atoms with Crippen molar-refractivity contribution in [3.63, 3.8) is 0 Å². The highest BCUT2D eigenvalue weighted by atomic mass is 32.1. The number of carbonyl (C=O) groups excluding carboxylic acids is 1. The molecule has 1 amide bonds. The number of benzene rings is 1. The first kappa shape index (κ1) is 16.7. The molecule has 0 unspecified atom stereocenters. The van der Waals surface area contributed by atoms with Crippen LogP contribution in [0.5, 0.6) is 11.5 Å². The van der Waals surface area contributed by atoms with Gasteiger partial charge >= 0.3 is 0 Å². The Bertz CT molecular complexity index is 851. The van der Waals surface area contributed by atoms with Crippen LogP contribution in [0.15, 0.2) is 47.8 Å². The molecular formula is C17H16N4O3S. The zero-order chi connectivity index (χ0) is 17.6. The molecule has 3 aromatic rings. The minimum atomic E-state index is -0.209. The van der Waals surface area contributed by atoms with Gasteiger partial charge in [-0.2, -0.15) is 0 Å². The van der Waals surface area contributed by atoms with Gasteiger partial charge in [-0.15, -0.1) is 21.5 Å². The van der Waals surface area contributed by atoms with Crippen LogP contribution in [0.4, 0.5) is 17.3 Å². The second-order valence-electron chi connectivity index (χ2n) is 4.93. The molecule has 7 nitrogen and oxygen atoms in total. The molecule has 2 N–H and O–H groups in total. The number of hydrogen-bond acceptors (Lipinski definition) is 7. The molecule has 0 aliphatic carbocycles. The Labute approximate surface area is 148 Å². The number of ether oxygens (including phenoxy) is 2. The van der Waals surface area contributed by atoms with Crippen molar-refractivity contribution >= 4 is 34.6 Å². The molecular weight excluding hydrogens is 340 g/mol. The van der Waals surface area contributed by atoms with E-state index in [9.17, 15) is 4.79 Å². The molecule has 0 atom stereocenters. The van der Waals surface area contributed by atoms with Crippen LogP contribution < -0.4 is 20.1 Å². The molecule has 0 saturated heterocycles. The van der Waals surface area contributed by atoms with Crippen LogP contribution in [-0.4, -0.2) is 30.3 Å². The third-order valence-corrected chi connectivity index (χ3v) is 4.19. The summed E-state index contributed by atoms with van der Waals surface area (Å²) < 4.78 is 10.5. The molecule has 0 bridgehead atoms. The molecule has 0 aliphatic heterocycles. The van der Waals surface area contributed by atoms with Crippen molar-refractivity contribution < 1.29 is 14.3 Å². The molecule has 0 spiro atoms. The predicted molar refractivity (Wildman–Crippen MR) is 97.1 cm³/mol. The number of hydrogen-bond donors (Lipinski definition) is 2. The third-order valence-electron chi connectivity index (χ3n) is 3.32. The van der Waals surface area contributed by atoms with Crippen molar-refractivity contribution in [2.45, 2.75) is 0 Å². The number of nitrogens with zero attached hydrogens (tertiary/aromatic N) is 2. The lowest BCUT2D eigenvalue weighted by molar-refractivity contribution is 0.103. The van der Waals surface area contributed by atoms with Gasteiger partial charge in [0, 0.05) is 6.07 Å². The fourth-order valence-corrected chi connectivity index (χ4v) is 2.72. The summed E-state index contributed by atoms with van der Waals surface area (Å²) >= 11 is 1.36. The summed E-state index contributed by atoms with van der Waals surface area (Å²) in [4.78, 5) is 12.6. The first-order valence-electron chi connectivity index (χ1n) is 7.37. The zero-order valence-corrected chi connectivity index (χ0v) is 14.5. The van der Waals surface area contributed by atoms with Crippen LogP contribution in [-0.2, 0) is 0 Å². The van der Waals surface area contributed by atoms with Gasteiger partial charge < -0.3 is 20.1 Å². The molecule has 2 aromatic heterocycles. The lowest BCUT2D eigenvalue weighted by Gasteiger charge is -2.12. The van der Waals surface area contributed by atoms with Crippen LogP contribution in [0, 0.1) is 0 Å². The van der Waals surface area contributed by atoms with Gasteiger partial charge in [-0.1, -0.05) is 6.07 Å². The van der Waals surface area contributed by atoms with Crippen LogP contribution >= 0.6 is 11.3 Å². The SMILES string of the molecule is COc1ccc(OC)c(Nc2ccc(NC(=O)c3cccs3)nn2)c1. The van der Waals surface area contributed by atoms with Crippen molar-refractivity contribution in [2.24, 2.45) is 0 Å². The van der Waals surface area contributed by atoms with E-state index in [1.54, 1.807) is 50.6 Å². The largest absolute Gasteiger partial charge is 0.497 e. The van der Waals surface area contributed by atoms with E-state index in [1.165, 1.54) is 11.3 Å². The van der Waals surface area contributed by atoms with Crippen molar-refractivity contribution in [3.8, 4) is 11.5 Å². The lowest BCUT2D eigenvalue weighted by atomic mass is 10.2. The van der Waals surface area contributed by atoms with Crippen LogP contribution in [0.2, 0.25) is 0 Å². The van der Waals surface area contributed by atoms with Crippen molar-refractivity contribution in [1.29, 1.82) is 0 Å². The standard InChI is InChI=1S/C17H16N4O3S/c1-23-11-5-6-13(24-2)12(10-11)18-15-7-8-16(21-20-15)19-17(22)14-4-3-9-25-14/h3-10H,1-2H3,(H,18,20)(H,19,21,22). The number of aromatic nitrogens is 2. The van der Waals surface area contributed by atoms with E-state index in [-0.39, 0.29) is 5.91 Å². The molecule has 8 heteroatoms. The Kier molecular flexibility index (Phi) is 5.10. The fourth-order valence-electron chi connectivity index (χ4n) is 2.10. The Morgan fingerprint density at radius 1 is 1.04 bits per heavy atom. The normalized spacial score (nSPS) is 10.2. The first-order valence-corrected chi connectivity index (χ1v) is 8.25. The van der Waals surface area contributed by atoms with Gasteiger partial charge in [0.05, 0.1) is 24.8 Å². The maximum absolute atomic E-state index is 12.0. The second kappa shape index (κ2) is 7.63. The van der Waals surface area contributed by atoms with Gasteiger partial charge in [0.25, 0.3) is 5.91 Å². The van der Waals surface area contributed by atoms with Crippen LogP contribution in [0.1, 0.15) is 9.67 Å². The van der Waals surface area contributed by atoms with Gasteiger partial charge in [0.1, 0.15) is 11.5 Å². The lowest BCUT2D eigenvalue weighted by Crippen LogP contribution is -2.12. The topological polar surface area (TPSA) is 85.4 Å². The van der Waals surface area contributed by atoms with Crippen molar-refractivity contribution in [2.75, 3.05) is 24.9 Å². The average molecular weight is 356 g/mol. The van der Waals surface area contributed by atoms with E-state index in [0.29, 0.717) is 33.7 Å². The Hall–Kier alpha value is -3.13. The van der Waals surface area contributed by atoms with E-state index >= 15 is 0 Å². The molecule has 0 fully saturated rings. The summed E-state index contributed by atoms with van der Waals surface area (Å²) in [5, 5.41) is 15.7. The number of thiophene rings is 1. The predicted octanol–water partition coefficient (Wildman–Crippen LogP) is 3.55. The second-order valence-corrected chi connectivity index (χ2v) is 5.87. The minimum Gasteiger partial charge on any atom is -0.497 e. The van der Waals surface area contributed by atoms with Gasteiger partial charge in [0.15, 0.2) is 11.6 Å². The van der Waals surface area contributed by atoms with Gasteiger partial charge in [-0.05, 0) is 35.7 Å². The third kappa shape index (κ3) is 4.04. The number of anilines is 3. The maximum atomic E-state index is 12.0.